The predicted octanol–water partition coefficient (Wildman–Crippen LogP) is 6.05. The lowest BCUT2D eigenvalue weighted by atomic mass is 9.72. The van der Waals surface area contributed by atoms with E-state index in [0.29, 0.717) is 6.54 Å². The maximum atomic E-state index is 13.3. The molecule has 162 valence electrons. The van der Waals surface area contributed by atoms with E-state index in [0.717, 1.165) is 33.1 Å². The van der Waals surface area contributed by atoms with Crippen molar-refractivity contribution in [2.24, 2.45) is 5.41 Å². The van der Waals surface area contributed by atoms with Gasteiger partial charge in [-0.05, 0) is 64.9 Å². The van der Waals surface area contributed by atoms with Gasteiger partial charge in [-0.1, -0.05) is 45.0 Å². The first-order chi connectivity index (χ1) is 15.3. The molecular weight excluding hydrogens is 401 g/mol. The molecule has 0 aliphatic heterocycles. The van der Waals surface area contributed by atoms with Crippen LogP contribution in [-0.2, 0) is 12.1 Å². The Hall–Kier alpha value is -3.44. The zero-order chi connectivity index (χ0) is 22.5. The number of rotatable bonds is 4. The van der Waals surface area contributed by atoms with Crippen molar-refractivity contribution in [3.05, 3.63) is 96.6 Å². The summed E-state index contributed by atoms with van der Waals surface area (Å²) in [5.74, 6) is -0.278. The quantitative estimate of drug-likeness (QED) is 0.379. The Bertz CT molecular complexity index is 1410. The summed E-state index contributed by atoms with van der Waals surface area (Å²) >= 11 is 0. The molecule has 0 aliphatic carbocycles. The van der Waals surface area contributed by atoms with E-state index < -0.39 is 11.0 Å². The second-order valence-electron chi connectivity index (χ2n) is 9.42. The molecule has 2 heterocycles. The molecule has 0 fully saturated rings. The summed E-state index contributed by atoms with van der Waals surface area (Å²) in [6.45, 7) is 6.61. The summed E-state index contributed by atoms with van der Waals surface area (Å²) in [5.41, 5.74) is 2.11. The molecule has 2 aromatic heterocycles. The minimum Gasteiger partial charge on any atom is -0.383 e. The van der Waals surface area contributed by atoms with Crippen LogP contribution < -0.4 is 0 Å². The first kappa shape index (κ1) is 20.5. The van der Waals surface area contributed by atoms with Crippen LogP contribution in [0.1, 0.15) is 26.3 Å². The molecule has 32 heavy (non-hydrogen) atoms. The molecule has 0 saturated carbocycles. The number of hydrogen-bond acceptors (Lipinski definition) is 2. The minimum atomic E-state index is -1.11. The van der Waals surface area contributed by atoms with E-state index in [1.54, 1.807) is 23.0 Å². The van der Waals surface area contributed by atoms with Gasteiger partial charge >= 0.3 is 0 Å². The van der Waals surface area contributed by atoms with Crippen molar-refractivity contribution < 1.29 is 9.50 Å². The predicted molar refractivity (Wildman–Crippen MR) is 126 cm³/mol. The summed E-state index contributed by atoms with van der Waals surface area (Å²) in [5, 5.41) is 18.7. The van der Waals surface area contributed by atoms with Crippen LogP contribution in [0.25, 0.3) is 27.5 Å². The van der Waals surface area contributed by atoms with Crippen molar-refractivity contribution >= 4 is 21.8 Å². The van der Waals surface area contributed by atoms with Crippen LogP contribution in [-0.4, -0.2) is 19.5 Å². The molecule has 0 spiro atoms. The number of fused-ring (bicyclic) bond motifs is 2. The Morgan fingerprint density at radius 3 is 2.38 bits per heavy atom. The molecule has 0 saturated heterocycles. The second kappa shape index (κ2) is 7.31. The highest BCUT2D eigenvalue weighted by molar-refractivity contribution is 5.82. The molecule has 1 unspecified atom stereocenters. The van der Waals surface area contributed by atoms with Gasteiger partial charge in [0.15, 0.2) is 0 Å². The summed E-state index contributed by atoms with van der Waals surface area (Å²) in [4.78, 5) is 0. The zero-order valence-corrected chi connectivity index (χ0v) is 18.5. The van der Waals surface area contributed by atoms with Gasteiger partial charge < -0.3 is 9.67 Å². The van der Waals surface area contributed by atoms with E-state index in [-0.39, 0.29) is 5.82 Å². The Kier molecular flexibility index (Phi) is 4.68. The topological polar surface area (TPSA) is 43.0 Å². The van der Waals surface area contributed by atoms with Crippen LogP contribution in [0.3, 0.4) is 0 Å². The fourth-order valence-corrected chi connectivity index (χ4v) is 4.36. The minimum absolute atomic E-state index is 0.278. The average Bonchev–Trinajstić information content (AvgIpc) is 3.37. The van der Waals surface area contributed by atoms with Crippen molar-refractivity contribution in [3.8, 4) is 5.69 Å². The Balaban J connectivity index is 1.59. The highest BCUT2D eigenvalue weighted by atomic mass is 19.1. The van der Waals surface area contributed by atoms with Gasteiger partial charge in [0, 0.05) is 17.1 Å². The highest BCUT2D eigenvalue weighted by Gasteiger charge is 2.42. The lowest BCUT2D eigenvalue weighted by Gasteiger charge is -2.41. The molecule has 5 heteroatoms. The van der Waals surface area contributed by atoms with E-state index in [9.17, 15) is 9.50 Å². The molecule has 0 aliphatic rings. The Morgan fingerprint density at radius 1 is 0.875 bits per heavy atom. The van der Waals surface area contributed by atoms with Crippen molar-refractivity contribution in [2.45, 2.75) is 32.9 Å². The molecule has 3 aromatic carbocycles. The third-order valence-corrected chi connectivity index (χ3v) is 6.44. The monoisotopic (exact) mass is 427 g/mol. The highest BCUT2D eigenvalue weighted by Crippen LogP contribution is 2.42. The third-order valence-electron chi connectivity index (χ3n) is 6.44. The standard InChI is InChI=1S/C27H26FN3O/c1-26(2,3)27(32,18-30-15-14-19-6-4-5-7-24(19)30)21-8-13-25-20(16-21)17-29-31(25)23-11-9-22(28)10-12-23/h4-17,32H,18H2,1-3H3. The molecular formula is C27H26FN3O. The van der Waals surface area contributed by atoms with E-state index >= 15 is 0 Å². The SMILES string of the molecule is CC(C)(C)C(O)(Cn1ccc2ccccc21)c1ccc2c(cnn2-c2ccc(F)cc2)c1. The van der Waals surface area contributed by atoms with Gasteiger partial charge in [-0.3, -0.25) is 0 Å². The second-order valence-corrected chi connectivity index (χ2v) is 9.42. The van der Waals surface area contributed by atoms with Gasteiger partial charge in [0.05, 0.1) is 23.9 Å². The summed E-state index contributed by atoms with van der Waals surface area (Å²) in [6.07, 6.45) is 3.82. The molecule has 0 amide bonds. The first-order valence-electron chi connectivity index (χ1n) is 10.8. The maximum Gasteiger partial charge on any atom is 0.123 e. The van der Waals surface area contributed by atoms with E-state index in [1.165, 1.54) is 12.1 Å². The number of halogens is 1. The lowest BCUT2D eigenvalue weighted by molar-refractivity contribution is -0.0771. The average molecular weight is 428 g/mol. The summed E-state index contributed by atoms with van der Waals surface area (Å²) < 4.78 is 17.2. The van der Waals surface area contributed by atoms with Crippen LogP contribution in [0.5, 0.6) is 0 Å². The number of nitrogens with zero attached hydrogens (tertiary/aromatic N) is 3. The number of aliphatic hydroxyl groups is 1. The van der Waals surface area contributed by atoms with E-state index in [1.807, 2.05) is 36.5 Å². The van der Waals surface area contributed by atoms with Crippen LogP contribution in [0.4, 0.5) is 4.39 Å². The summed E-state index contributed by atoms with van der Waals surface area (Å²) in [6, 6.07) is 22.5. The van der Waals surface area contributed by atoms with E-state index in [4.69, 9.17) is 0 Å². The molecule has 4 nitrogen and oxygen atoms in total. The number of benzene rings is 3. The van der Waals surface area contributed by atoms with Crippen LogP contribution in [0.2, 0.25) is 0 Å². The van der Waals surface area contributed by atoms with Gasteiger partial charge in [0.25, 0.3) is 0 Å². The smallest absolute Gasteiger partial charge is 0.123 e. The third kappa shape index (κ3) is 3.30. The van der Waals surface area contributed by atoms with Crippen LogP contribution in [0, 0.1) is 11.2 Å². The molecule has 1 N–H and O–H groups in total. The van der Waals surface area contributed by atoms with Crippen LogP contribution >= 0.6 is 0 Å². The first-order valence-corrected chi connectivity index (χ1v) is 10.8. The van der Waals surface area contributed by atoms with Gasteiger partial charge in [0.1, 0.15) is 11.4 Å². The largest absolute Gasteiger partial charge is 0.383 e. The maximum absolute atomic E-state index is 13.3. The molecule has 5 aromatic rings. The fraction of sp³-hybridized carbons (Fsp3) is 0.222. The van der Waals surface area contributed by atoms with Gasteiger partial charge in [0.2, 0.25) is 0 Å². The van der Waals surface area contributed by atoms with Crippen molar-refractivity contribution in [3.63, 3.8) is 0 Å². The van der Waals surface area contributed by atoms with Crippen LogP contribution in [0.15, 0.2) is 85.2 Å². The zero-order valence-electron chi connectivity index (χ0n) is 18.5. The van der Waals surface area contributed by atoms with Gasteiger partial charge in [-0.15, -0.1) is 0 Å². The van der Waals surface area contributed by atoms with Gasteiger partial charge in [-0.25, -0.2) is 9.07 Å². The number of para-hydroxylation sites is 1. The fourth-order valence-electron chi connectivity index (χ4n) is 4.36. The molecule has 1 atom stereocenters. The molecule has 0 radical (unpaired) electrons. The van der Waals surface area contributed by atoms with Crippen molar-refractivity contribution in [2.75, 3.05) is 0 Å². The lowest BCUT2D eigenvalue weighted by Crippen LogP contribution is -2.43. The molecule has 5 rings (SSSR count). The Labute approximate surface area is 186 Å². The van der Waals surface area contributed by atoms with Gasteiger partial charge in [-0.2, -0.15) is 5.10 Å². The van der Waals surface area contributed by atoms with E-state index in [2.05, 4.69) is 48.6 Å². The summed E-state index contributed by atoms with van der Waals surface area (Å²) in [7, 11) is 0. The normalized spacial score (nSPS) is 14.2. The van der Waals surface area contributed by atoms with Crippen molar-refractivity contribution in [1.29, 1.82) is 0 Å². The number of aromatic nitrogens is 3. The Morgan fingerprint density at radius 2 is 1.62 bits per heavy atom. The number of hydrogen-bond donors (Lipinski definition) is 1. The molecule has 0 bridgehead atoms. The van der Waals surface area contributed by atoms with Crippen molar-refractivity contribution in [1.82, 2.24) is 14.3 Å².